The van der Waals surface area contributed by atoms with Crippen molar-refractivity contribution in [2.75, 3.05) is 0 Å². The Kier molecular flexibility index (Phi) is 7.29. The maximum atomic E-state index is 4.75. The van der Waals surface area contributed by atoms with Gasteiger partial charge in [-0.1, -0.05) is 27.7 Å². The molecule has 0 N–H and O–H groups in total. The Bertz CT molecular complexity index is 1390. The predicted molar refractivity (Wildman–Crippen MR) is 141 cm³/mol. The van der Waals surface area contributed by atoms with Gasteiger partial charge in [0, 0.05) is 28.4 Å². The zero-order valence-electron chi connectivity index (χ0n) is 22.8. The molecule has 4 aromatic rings. The van der Waals surface area contributed by atoms with Gasteiger partial charge in [0.05, 0.1) is 22.4 Å². The van der Waals surface area contributed by atoms with Crippen molar-refractivity contribution in [3.8, 4) is 0 Å². The number of fused-ring (bicyclic) bond motifs is 2. The predicted octanol–water partition coefficient (Wildman–Crippen LogP) is 6.76. The summed E-state index contributed by atoms with van der Waals surface area (Å²) in [5, 5.41) is 1.17. The van der Waals surface area contributed by atoms with Gasteiger partial charge in [-0.3, -0.25) is 4.98 Å². The number of pyridine rings is 2. The first-order valence-electron chi connectivity index (χ1n) is 12.1. The monoisotopic (exact) mass is 458 g/mol. The molecular formula is C28H38N6. The second-order valence-electron chi connectivity index (χ2n) is 9.91. The number of rotatable bonds is 2. The van der Waals surface area contributed by atoms with Crippen molar-refractivity contribution in [2.24, 2.45) is 0 Å². The van der Waals surface area contributed by atoms with Crippen LogP contribution in [0.15, 0.2) is 0 Å². The SMILES string of the molecule is Cc1nc(C)c2nc(C(C)C)c(C)c(C)c2n1.Cc1nc(C)c2nc(C(C)C)nc(C)c2c1C. The van der Waals surface area contributed by atoms with Crippen LogP contribution in [0, 0.1) is 55.4 Å². The molecule has 0 radical (unpaired) electrons. The molecule has 4 rings (SSSR count). The largest absolute Gasteiger partial charge is 0.256 e. The van der Waals surface area contributed by atoms with E-state index in [1.165, 1.54) is 22.1 Å². The summed E-state index contributed by atoms with van der Waals surface area (Å²) in [7, 11) is 0. The fourth-order valence-corrected chi connectivity index (χ4v) is 4.37. The maximum absolute atomic E-state index is 4.75. The minimum Gasteiger partial charge on any atom is -0.256 e. The van der Waals surface area contributed by atoms with Gasteiger partial charge >= 0.3 is 0 Å². The summed E-state index contributed by atoms with van der Waals surface area (Å²) in [6, 6.07) is 0. The van der Waals surface area contributed by atoms with Crippen molar-refractivity contribution in [3.63, 3.8) is 0 Å². The Morgan fingerprint density at radius 3 is 1.65 bits per heavy atom. The molecule has 0 bridgehead atoms. The van der Waals surface area contributed by atoms with Crippen LogP contribution in [0.4, 0.5) is 0 Å². The van der Waals surface area contributed by atoms with E-state index in [4.69, 9.17) is 4.98 Å². The van der Waals surface area contributed by atoms with Crippen molar-refractivity contribution in [3.05, 3.63) is 56.8 Å². The van der Waals surface area contributed by atoms with Crippen molar-refractivity contribution in [1.82, 2.24) is 29.9 Å². The third-order valence-electron chi connectivity index (χ3n) is 6.47. The first-order valence-corrected chi connectivity index (χ1v) is 12.1. The van der Waals surface area contributed by atoms with E-state index in [2.05, 4.69) is 80.3 Å². The summed E-state index contributed by atoms with van der Waals surface area (Å²) >= 11 is 0. The van der Waals surface area contributed by atoms with Crippen molar-refractivity contribution >= 4 is 21.9 Å². The topological polar surface area (TPSA) is 77.3 Å². The third-order valence-corrected chi connectivity index (χ3v) is 6.47. The molecule has 0 unspecified atom stereocenters. The third kappa shape index (κ3) is 4.77. The highest BCUT2D eigenvalue weighted by Crippen LogP contribution is 2.27. The van der Waals surface area contributed by atoms with Crippen LogP contribution >= 0.6 is 0 Å². The van der Waals surface area contributed by atoms with Gasteiger partial charge < -0.3 is 0 Å². The first-order chi connectivity index (χ1) is 15.8. The zero-order chi connectivity index (χ0) is 25.5. The molecule has 0 aromatic carbocycles. The second-order valence-corrected chi connectivity index (χ2v) is 9.91. The molecule has 0 spiro atoms. The van der Waals surface area contributed by atoms with Gasteiger partial charge in [-0.25, -0.2) is 24.9 Å². The van der Waals surface area contributed by atoms with E-state index in [-0.39, 0.29) is 0 Å². The molecule has 6 nitrogen and oxygen atoms in total. The van der Waals surface area contributed by atoms with Gasteiger partial charge in [-0.2, -0.15) is 0 Å². The summed E-state index contributed by atoms with van der Waals surface area (Å²) in [6.07, 6.45) is 0. The lowest BCUT2D eigenvalue weighted by Crippen LogP contribution is -2.04. The van der Waals surface area contributed by atoms with E-state index < -0.39 is 0 Å². The first kappa shape index (κ1) is 25.6. The number of aromatic nitrogens is 6. The van der Waals surface area contributed by atoms with E-state index in [1.54, 1.807) is 0 Å². The fourth-order valence-electron chi connectivity index (χ4n) is 4.37. The Labute approximate surface area is 203 Å². The molecule has 0 aliphatic rings. The van der Waals surface area contributed by atoms with Crippen LogP contribution in [0.1, 0.15) is 96.3 Å². The van der Waals surface area contributed by atoms with Gasteiger partial charge in [-0.15, -0.1) is 0 Å². The molecule has 6 heteroatoms. The lowest BCUT2D eigenvalue weighted by Gasteiger charge is -2.14. The molecule has 34 heavy (non-hydrogen) atoms. The molecule has 4 aromatic heterocycles. The van der Waals surface area contributed by atoms with Gasteiger partial charge in [0.25, 0.3) is 0 Å². The second kappa shape index (κ2) is 9.69. The summed E-state index contributed by atoms with van der Waals surface area (Å²) in [4.78, 5) is 27.5. The highest BCUT2D eigenvalue weighted by molar-refractivity contribution is 5.86. The Morgan fingerprint density at radius 1 is 0.441 bits per heavy atom. The average molecular weight is 459 g/mol. The van der Waals surface area contributed by atoms with Crippen LogP contribution in [-0.2, 0) is 0 Å². The quantitative estimate of drug-likeness (QED) is 0.330. The van der Waals surface area contributed by atoms with E-state index in [0.717, 1.165) is 56.7 Å². The van der Waals surface area contributed by atoms with Crippen LogP contribution in [-0.4, -0.2) is 29.9 Å². The van der Waals surface area contributed by atoms with Gasteiger partial charge in [0.2, 0.25) is 0 Å². The van der Waals surface area contributed by atoms with Crippen molar-refractivity contribution in [1.29, 1.82) is 0 Å². The van der Waals surface area contributed by atoms with Gasteiger partial charge in [0.15, 0.2) is 0 Å². The molecule has 0 amide bonds. The Morgan fingerprint density at radius 2 is 1.06 bits per heavy atom. The Balaban J connectivity index is 0.000000191. The summed E-state index contributed by atoms with van der Waals surface area (Å²) < 4.78 is 0. The molecule has 0 aliphatic carbocycles. The summed E-state index contributed by atoms with van der Waals surface area (Å²) in [5.74, 6) is 2.50. The number of hydrogen-bond donors (Lipinski definition) is 0. The highest BCUT2D eigenvalue weighted by atomic mass is 14.9. The smallest absolute Gasteiger partial charge is 0.131 e. The van der Waals surface area contributed by atoms with Crippen LogP contribution in [0.5, 0.6) is 0 Å². The maximum Gasteiger partial charge on any atom is 0.131 e. The fraction of sp³-hybridized carbons (Fsp3) is 0.500. The van der Waals surface area contributed by atoms with E-state index in [0.29, 0.717) is 11.8 Å². The van der Waals surface area contributed by atoms with Crippen LogP contribution in [0.25, 0.3) is 21.9 Å². The molecule has 0 fully saturated rings. The van der Waals surface area contributed by atoms with Crippen LogP contribution in [0.3, 0.4) is 0 Å². The van der Waals surface area contributed by atoms with Crippen LogP contribution in [0.2, 0.25) is 0 Å². The standard InChI is InChI=1S/2C14H19N3/c1-7(2)14-16-10(5)12-8(3)9(4)15-11(6)13(12)17-14;1-7(2)12-8(3)9(4)13-14(17-12)10(5)15-11(6)16-13/h2*7H,1-6H3. The molecule has 4 heterocycles. The number of hydrogen-bond acceptors (Lipinski definition) is 6. The molecule has 0 saturated carbocycles. The summed E-state index contributed by atoms with van der Waals surface area (Å²) in [5.41, 5.74) is 11.9. The molecule has 0 aliphatic heterocycles. The normalized spacial score (nSPS) is 11.5. The van der Waals surface area contributed by atoms with E-state index in [1.807, 2.05) is 27.7 Å². The summed E-state index contributed by atoms with van der Waals surface area (Å²) in [6.45, 7) is 25.0. The van der Waals surface area contributed by atoms with Crippen molar-refractivity contribution < 1.29 is 0 Å². The highest BCUT2D eigenvalue weighted by Gasteiger charge is 2.15. The Hall–Kier alpha value is -3.02. The zero-order valence-corrected chi connectivity index (χ0v) is 22.8. The molecule has 0 atom stereocenters. The van der Waals surface area contributed by atoms with Gasteiger partial charge in [0.1, 0.15) is 17.2 Å². The van der Waals surface area contributed by atoms with E-state index in [9.17, 15) is 0 Å². The van der Waals surface area contributed by atoms with Crippen molar-refractivity contribution in [2.45, 2.75) is 94.9 Å². The molecule has 0 saturated heterocycles. The minimum atomic E-state index is 0.346. The number of nitrogens with zero attached hydrogens (tertiary/aromatic N) is 6. The minimum absolute atomic E-state index is 0.346. The van der Waals surface area contributed by atoms with Crippen LogP contribution < -0.4 is 0 Å². The number of aryl methyl sites for hydroxylation is 7. The lowest BCUT2D eigenvalue weighted by molar-refractivity contribution is 0.774. The average Bonchev–Trinajstić information content (AvgIpc) is 2.74. The van der Waals surface area contributed by atoms with E-state index >= 15 is 0 Å². The lowest BCUT2D eigenvalue weighted by atomic mass is 9.99. The molecule has 180 valence electrons. The van der Waals surface area contributed by atoms with Gasteiger partial charge in [-0.05, 0) is 78.0 Å². The molecular weight excluding hydrogens is 420 g/mol.